The van der Waals surface area contributed by atoms with Crippen molar-refractivity contribution in [3.05, 3.63) is 69.6 Å². The number of carbonyl (C=O) groups excluding carboxylic acids is 1. The van der Waals surface area contributed by atoms with Crippen molar-refractivity contribution in [1.29, 1.82) is 0 Å². The van der Waals surface area contributed by atoms with E-state index in [0.717, 1.165) is 34.4 Å². The monoisotopic (exact) mass is 398 g/mol. The van der Waals surface area contributed by atoms with Gasteiger partial charge in [-0.15, -0.1) is 0 Å². The molecule has 6 heteroatoms. The van der Waals surface area contributed by atoms with E-state index in [1.807, 2.05) is 18.2 Å². The number of hydrogen-bond acceptors (Lipinski definition) is 4. The van der Waals surface area contributed by atoms with Crippen LogP contribution >= 0.6 is 22.9 Å². The number of carbonyl (C=O) groups is 1. The summed E-state index contributed by atoms with van der Waals surface area (Å²) in [7, 11) is 0. The molecule has 0 spiro atoms. The topological polar surface area (TPSA) is 51.2 Å². The van der Waals surface area contributed by atoms with Gasteiger partial charge in [0.2, 0.25) is 5.91 Å². The number of benzene rings is 1. The molecule has 3 aromatic rings. The van der Waals surface area contributed by atoms with Crippen LogP contribution in [0.1, 0.15) is 17.5 Å². The molecule has 0 saturated heterocycles. The largest absolute Gasteiger partial charge is 0.486 e. The van der Waals surface area contributed by atoms with Crippen LogP contribution in [0.4, 0.5) is 0 Å². The van der Waals surface area contributed by atoms with Gasteiger partial charge in [-0.3, -0.25) is 9.78 Å². The fourth-order valence-electron chi connectivity index (χ4n) is 3.22. The summed E-state index contributed by atoms with van der Waals surface area (Å²) in [6.45, 7) is 0.477. The third-order valence-corrected chi connectivity index (χ3v) is 5.56. The Bertz CT molecular complexity index is 929. The lowest BCUT2D eigenvalue weighted by atomic mass is 10.0. The minimum Gasteiger partial charge on any atom is -0.486 e. The number of nitrogens with one attached hydrogen (secondary N) is 1. The number of aromatic nitrogens is 1. The predicted octanol–water partition coefficient (Wildman–Crippen LogP) is 4.52. The van der Waals surface area contributed by atoms with Crippen LogP contribution in [-0.2, 0) is 17.6 Å². The highest BCUT2D eigenvalue weighted by Gasteiger charge is 2.26. The molecule has 0 radical (unpaired) electrons. The van der Waals surface area contributed by atoms with Crippen molar-refractivity contribution in [2.75, 3.05) is 6.54 Å². The van der Waals surface area contributed by atoms with Crippen LogP contribution in [0.3, 0.4) is 0 Å². The average molecular weight is 399 g/mol. The summed E-state index contributed by atoms with van der Waals surface area (Å²) in [4.78, 5) is 16.2. The van der Waals surface area contributed by atoms with Crippen LogP contribution in [0.25, 0.3) is 11.1 Å². The van der Waals surface area contributed by atoms with Crippen LogP contribution in [0.5, 0.6) is 5.75 Å². The Kier molecular flexibility index (Phi) is 5.41. The molecule has 1 atom stereocenters. The van der Waals surface area contributed by atoms with Gasteiger partial charge in [-0.1, -0.05) is 17.7 Å². The quantitative estimate of drug-likeness (QED) is 0.664. The summed E-state index contributed by atoms with van der Waals surface area (Å²) >= 11 is 8.09. The minimum atomic E-state index is -0.0856. The second kappa shape index (κ2) is 8.11. The number of rotatable bonds is 6. The third-order valence-electron chi connectivity index (χ3n) is 4.60. The summed E-state index contributed by atoms with van der Waals surface area (Å²) in [6, 6.07) is 10.0. The zero-order chi connectivity index (χ0) is 18.6. The zero-order valence-electron chi connectivity index (χ0n) is 14.7. The Morgan fingerprint density at radius 1 is 1.33 bits per heavy atom. The molecule has 3 heterocycles. The fraction of sp³-hybridized carbons (Fsp3) is 0.238. The first-order valence-corrected chi connectivity index (χ1v) is 10.2. The highest BCUT2D eigenvalue weighted by molar-refractivity contribution is 7.08. The van der Waals surface area contributed by atoms with Crippen molar-refractivity contribution in [1.82, 2.24) is 10.3 Å². The smallest absolute Gasteiger partial charge is 0.220 e. The van der Waals surface area contributed by atoms with E-state index in [4.69, 9.17) is 16.3 Å². The van der Waals surface area contributed by atoms with Gasteiger partial charge in [0.25, 0.3) is 0 Å². The first-order valence-electron chi connectivity index (χ1n) is 8.86. The Labute approximate surface area is 167 Å². The number of amides is 1. The maximum Gasteiger partial charge on any atom is 0.220 e. The van der Waals surface area contributed by atoms with Crippen molar-refractivity contribution in [3.63, 3.8) is 0 Å². The van der Waals surface area contributed by atoms with Gasteiger partial charge in [0.05, 0.1) is 11.6 Å². The van der Waals surface area contributed by atoms with Gasteiger partial charge in [-0.2, -0.15) is 11.3 Å². The molecule has 1 aromatic carbocycles. The number of aryl methyl sites for hydroxylation is 1. The molecule has 1 amide bonds. The molecule has 1 aliphatic rings. The van der Waals surface area contributed by atoms with Crippen molar-refractivity contribution in [2.24, 2.45) is 0 Å². The Hall–Kier alpha value is -2.37. The van der Waals surface area contributed by atoms with Gasteiger partial charge < -0.3 is 10.1 Å². The lowest BCUT2D eigenvalue weighted by Gasteiger charge is -2.12. The van der Waals surface area contributed by atoms with E-state index in [9.17, 15) is 4.79 Å². The molecular weight excluding hydrogens is 380 g/mol. The van der Waals surface area contributed by atoms with Crippen molar-refractivity contribution >= 4 is 28.8 Å². The summed E-state index contributed by atoms with van der Waals surface area (Å²) < 4.78 is 5.97. The third kappa shape index (κ3) is 4.31. The zero-order valence-corrected chi connectivity index (χ0v) is 16.2. The normalized spacial score (nSPS) is 15.2. The van der Waals surface area contributed by atoms with Crippen molar-refractivity contribution < 1.29 is 9.53 Å². The predicted molar refractivity (Wildman–Crippen MR) is 108 cm³/mol. The van der Waals surface area contributed by atoms with Crippen molar-refractivity contribution in [2.45, 2.75) is 25.4 Å². The molecule has 0 aliphatic carbocycles. The van der Waals surface area contributed by atoms with Gasteiger partial charge in [0, 0.05) is 30.8 Å². The molecule has 0 bridgehead atoms. The first-order chi connectivity index (χ1) is 13.2. The van der Waals surface area contributed by atoms with Gasteiger partial charge in [-0.05, 0) is 58.1 Å². The summed E-state index contributed by atoms with van der Waals surface area (Å²) in [5.41, 5.74) is 4.42. The summed E-state index contributed by atoms with van der Waals surface area (Å²) in [6.07, 6.45) is 5.30. The van der Waals surface area contributed by atoms with E-state index in [1.54, 1.807) is 23.7 Å². The molecule has 4 nitrogen and oxygen atoms in total. The Morgan fingerprint density at radius 3 is 3.04 bits per heavy atom. The number of hydrogen-bond donors (Lipinski definition) is 1. The molecule has 0 saturated carbocycles. The number of ether oxygens (including phenoxy) is 1. The number of nitrogens with zero attached hydrogens (tertiary/aromatic N) is 1. The maximum absolute atomic E-state index is 12.1. The highest BCUT2D eigenvalue weighted by atomic mass is 35.5. The second-order valence-corrected chi connectivity index (χ2v) is 7.75. The van der Waals surface area contributed by atoms with Gasteiger partial charge in [-0.25, -0.2) is 0 Å². The fourth-order valence-corrected chi connectivity index (χ4v) is 4.17. The maximum atomic E-state index is 12.1. The molecule has 27 heavy (non-hydrogen) atoms. The number of thiophene rings is 1. The molecule has 1 aliphatic heterocycles. The number of pyridine rings is 1. The van der Waals surface area contributed by atoms with Crippen LogP contribution < -0.4 is 10.1 Å². The van der Waals surface area contributed by atoms with E-state index in [2.05, 4.69) is 33.2 Å². The standard InChI is InChI=1S/C21H19ClN2O2S/c22-19-10-16(15-5-7-27-13-15)8-17-9-18(26-21(17)19)12-24-20(25)4-3-14-2-1-6-23-11-14/h1-2,5-8,10-11,13,18H,3-4,9,12H2,(H,24,25). The second-order valence-electron chi connectivity index (χ2n) is 6.57. The molecule has 0 fully saturated rings. The van der Waals surface area contributed by atoms with E-state index in [0.29, 0.717) is 24.4 Å². The Morgan fingerprint density at radius 2 is 2.26 bits per heavy atom. The molecule has 1 unspecified atom stereocenters. The summed E-state index contributed by atoms with van der Waals surface area (Å²) in [5.74, 6) is 0.758. The van der Waals surface area contributed by atoms with Crippen LogP contribution in [0.2, 0.25) is 5.02 Å². The van der Waals surface area contributed by atoms with E-state index < -0.39 is 0 Å². The van der Waals surface area contributed by atoms with E-state index >= 15 is 0 Å². The highest BCUT2D eigenvalue weighted by Crippen LogP contribution is 2.39. The molecular formula is C21H19ClN2O2S. The van der Waals surface area contributed by atoms with E-state index in [-0.39, 0.29) is 12.0 Å². The molecule has 4 rings (SSSR count). The van der Waals surface area contributed by atoms with Gasteiger partial charge in [0.15, 0.2) is 0 Å². The van der Waals surface area contributed by atoms with Crippen molar-refractivity contribution in [3.8, 4) is 16.9 Å². The average Bonchev–Trinajstić information content (AvgIpc) is 3.35. The van der Waals surface area contributed by atoms with Crippen LogP contribution in [0, 0.1) is 0 Å². The van der Waals surface area contributed by atoms with Crippen LogP contribution in [0.15, 0.2) is 53.5 Å². The Balaban J connectivity index is 1.32. The SMILES string of the molecule is O=C(CCc1cccnc1)NCC1Cc2cc(-c3ccsc3)cc(Cl)c2O1. The first kappa shape index (κ1) is 18.0. The van der Waals surface area contributed by atoms with E-state index in [1.165, 1.54) is 0 Å². The van der Waals surface area contributed by atoms with Crippen LogP contribution in [-0.4, -0.2) is 23.5 Å². The minimum absolute atomic E-state index is 0.0171. The number of halogens is 1. The molecule has 2 aromatic heterocycles. The van der Waals surface area contributed by atoms with Gasteiger partial charge >= 0.3 is 0 Å². The lowest BCUT2D eigenvalue weighted by Crippen LogP contribution is -2.34. The lowest BCUT2D eigenvalue weighted by molar-refractivity contribution is -0.121. The van der Waals surface area contributed by atoms with Gasteiger partial charge in [0.1, 0.15) is 11.9 Å². The number of fused-ring (bicyclic) bond motifs is 1. The molecule has 138 valence electrons. The summed E-state index contributed by atoms with van der Waals surface area (Å²) in [5, 5.41) is 7.75. The molecule has 1 N–H and O–H groups in total.